The average Bonchev–Trinajstić information content (AvgIpc) is 2.14. The van der Waals surface area contributed by atoms with E-state index in [1.807, 2.05) is 0 Å². The van der Waals surface area contributed by atoms with E-state index in [-0.39, 0.29) is 5.56 Å². The summed E-state index contributed by atoms with van der Waals surface area (Å²) in [6, 6.07) is 5.89. The van der Waals surface area contributed by atoms with Crippen LogP contribution in [0.25, 0.3) is 6.08 Å². The quantitative estimate of drug-likeness (QED) is 0.787. The number of hydrogen-bond donors (Lipinski definition) is 0. The third-order valence-electron chi connectivity index (χ3n) is 1.78. The second-order valence-corrected chi connectivity index (χ2v) is 4.75. The fourth-order valence-electron chi connectivity index (χ4n) is 1.13. The Hall–Kier alpha value is -1.34. The van der Waals surface area contributed by atoms with Gasteiger partial charge in [-0.15, -0.1) is 13.2 Å². The predicted molar refractivity (Wildman–Crippen MR) is 56.3 cm³/mol. The number of halogens is 3. The first-order valence-corrected chi connectivity index (χ1v) is 6.01. The first kappa shape index (κ1) is 13.7. The molecule has 0 amide bonds. The summed E-state index contributed by atoms with van der Waals surface area (Å²) in [5.74, 6) is -0.829. The number of hydrogen-bond acceptors (Lipinski definition) is 3. The van der Waals surface area contributed by atoms with Crippen molar-refractivity contribution >= 4 is 16.2 Å². The van der Waals surface area contributed by atoms with E-state index < -0.39 is 22.2 Å². The maximum Gasteiger partial charge on any atom is 0.537 e. The first-order valence-electron chi connectivity index (χ1n) is 4.43. The van der Waals surface area contributed by atoms with Gasteiger partial charge >= 0.3 is 6.36 Å². The van der Waals surface area contributed by atoms with E-state index in [4.69, 9.17) is 0 Å². The molecular formula is C10H9F3O3S. The van der Waals surface area contributed by atoms with Gasteiger partial charge in [-0.3, -0.25) is 0 Å². The molecule has 0 bridgehead atoms. The highest BCUT2D eigenvalue weighted by molar-refractivity contribution is 7.85. The number of alkyl halides is 3. The van der Waals surface area contributed by atoms with E-state index in [0.717, 1.165) is 5.56 Å². The Morgan fingerprint density at radius 3 is 2.18 bits per heavy atom. The fraction of sp³-hybridized carbons (Fsp3) is 0.200. The lowest BCUT2D eigenvalue weighted by Gasteiger charge is -2.07. The lowest BCUT2D eigenvalue weighted by atomic mass is 10.1. The molecule has 0 radical (unpaired) electrons. The monoisotopic (exact) mass is 266 g/mol. The van der Waals surface area contributed by atoms with Gasteiger partial charge in [-0.1, -0.05) is 36.9 Å². The summed E-state index contributed by atoms with van der Waals surface area (Å²) in [7, 11) is -4.66. The molecule has 0 aliphatic carbocycles. The van der Waals surface area contributed by atoms with Crippen molar-refractivity contribution in [3.05, 3.63) is 42.0 Å². The van der Waals surface area contributed by atoms with Crippen molar-refractivity contribution in [1.29, 1.82) is 0 Å². The topological polar surface area (TPSA) is 43.4 Å². The van der Waals surface area contributed by atoms with Crippen LogP contribution in [0.4, 0.5) is 13.2 Å². The second kappa shape index (κ2) is 4.89. The molecule has 3 nitrogen and oxygen atoms in total. The highest BCUT2D eigenvalue weighted by atomic mass is 32.2. The third-order valence-corrected chi connectivity index (χ3v) is 2.91. The van der Waals surface area contributed by atoms with E-state index in [2.05, 4.69) is 10.8 Å². The number of benzene rings is 1. The van der Waals surface area contributed by atoms with Crippen molar-refractivity contribution in [2.45, 2.75) is 12.1 Å². The summed E-state index contributed by atoms with van der Waals surface area (Å²) >= 11 is 0. The summed E-state index contributed by atoms with van der Waals surface area (Å²) in [4.78, 5) is 0. The lowest BCUT2D eigenvalue weighted by Crippen LogP contribution is -2.20. The predicted octanol–water partition coefficient (Wildman–Crippen LogP) is 2.70. The maximum atomic E-state index is 11.8. The summed E-state index contributed by atoms with van der Waals surface area (Å²) in [6.45, 7) is 3.49. The van der Waals surface area contributed by atoms with Crippen molar-refractivity contribution in [3.63, 3.8) is 0 Å². The molecule has 94 valence electrons. The second-order valence-electron chi connectivity index (χ2n) is 3.18. The van der Waals surface area contributed by atoms with E-state index in [0.29, 0.717) is 0 Å². The Bertz CT molecular complexity index is 489. The maximum absolute atomic E-state index is 11.8. The highest BCUT2D eigenvalue weighted by Crippen LogP contribution is 2.22. The Labute approximate surface area is 96.6 Å². The van der Waals surface area contributed by atoms with Gasteiger partial charge in [-0.2, -0.15) is 12.6 Å². The van der Waals surface area contributed by atoms with Gasteiger partial charge in [0.05, 0.1) is 0 Å². The van der Waals surface area contributed by atoms with Crippen LogP contribution in [0.2, 0.25) is 0 Å². The Kier molecular flexibility index (Phi) is 3.94. The normalized spacial score (nSPS) is 12.4. The fourth-order valence-corrected chi connectivity index (χ4v) is 2.08. The molecule has 0 N–H and O–H groups in total. The molecule has 0 atom stereocenters. The summed E-state index contributed by atoms with van der Waals surface area (Å²) in [5, 5.41) is 0. The highest BCUT2D eigenvalue weighted by Gasteiger charge is 2.36. The minimum Gasteiger partial charge on any atom is -0.199 e. The molecule has 1 aromatic rings. The van der Waals surface area contributed by atoms with Crippen molar-refractivity contribution < 1.29 is 25.8 Å². The molecule has 0 fully saturated rings. The van der Waals surface area contributed by atoms with Crippen LogP contribution in [0.1, 0.15) is 11.1 Å². The average molecular weight is 266 g/mol. The van der Waals surface area contributed by atoms with Crippen LogP contribution >= 0.6 is 0 Å². The molecule has 17 heavy (non-hydrogen) atoms. The lowest BCUT2D eigenvalue weighted by molar-refractivity contribution is -0.272. The molecule has 0 aliphatic heterocycles. The van der Waals surface area contributed by atoms with Crippen LogP contribution in [0.3, 0.4) is 0 Å². The van der Waals surface area contributed by atoms with E-state index >= 15 is 0 Å². The van der Waals surface area contributed by atoms with Crippen LogP contribution in [-0.2, 0) is 20.1 Å². The Morgan fingerprint density at radius 1 is 1.24 bits per heavy atom. The Morgan fingerprint density at radius 2 is 1.76 bits per heavy atom. The van der Waals surface area contributed by atoms with Gasteiger partial charge in [-0.05, 0) is 11.1 Å². The molecule has 0 aromatic heterocycles. The van der Waals surface area contributed by atoms with Crippen molar-refractivity contribution in [1.82, 2.24) is 0 Å². The van der Waals surface area contributed by atoms with Crippen molar-refractivity contribution in [2.75, 3.05) is 0 Å². The van der Waals surface area contributed by atoms with Gasteiger partial charge < -0.3 is 0 Å². The zero-order chi connectivity index (χ0) is 13.1. The van der Waals surface area contributed by atoms with Gasteiger partial charge in [0.2, 0.25) is 0 Å². The van der Waals surface area contributed by atoms with Crippen molar-refractivity contribution in [2.24, 2.45) is 0 Å². The number of rotatable bonds is 4. The van der Waals surface area contributed by atoms with E-state index in [1.54, 1.807) is 12.1 Å². The van der Waals surface area contributed by atoms with E-state index in [1.165, 1.54) is 18.2 Å². The van der Waals surface area contributed by atoms with Crippen LogP contribution in [0.15, 0.2) is 30.8 Å². The molecule has 0 saturated carbocycles. The van der Waals surface area contributed by atoms with Crippen LogP contribution in [-0.4, -0.2) is 14.8 Å². The van der Waals surface area contributed by atoms with Gasteiger partial charge in [0.1, 0.15) is 5.75 Å². The minimum absolute atomic E-state index is 0.208. The smallest absolute Gasteiger partial charge is 0.199 e. The van der Waals surface area contributed by atoms with E-state index in [9.17, 15) is 21.6 Å². The molecule has 0 saturated heterocycles. The standard InChI is InChI=1S/C10H9F3O3S/c1-2-8-3-5-9(6-4-8)7-17(14,15)16-10(11,12)13/h2-6H,1,7H2. The SMILES string of the molecule is C=Cc1ccc(CS(=O)(=O)OC(F)(F)F)cc1. The van der Waals surface area contributed by atoms with Gasteiger partial charge in [-0.25, -0.2) is 0 Å². The molecular weight excluding hydrogens is 257 g/mol. The largest absolute Gasteiger partial charge is 0.537 e. The van der Waals surface area contributed by atoms with Crippen molar-refractivity contribution in [3.8, 4) is 0 Å². The van der Waals surface area contributed by atoms with Crippen LogP contribution < -0.4 is 0 Å². The zero-order valence-electron chi connectivity index (χ0n) is 8.57. The molecule has 0 heterocycles. The summed E-state index contributed by atoms with van der Waals surface area (Å²) < 4.78 is 60.3. The van der Waals surface area contributed by atoms with Crippen LogP contribution in [0.5, 0.6) is 0 Å². The molecule has 0 unspecified atom stereocenters. The minimum atomic E-state index is -5.19. The van der Waals surface area contributed by atoms with Gasteiger partial charge in [0.25, 0.3) is 10.1 Å². The van der Waals surface area contributed by atoms with Gasteiger partial charge in [0.15, 0.2) is 0 Å². The third kappa shape index (κ3) is 5.01. The Balaban J connectivity index is 2.80. The molecule has 0 aliphatic rings. The molecule has 1 aromatic carbocycles. The van der Waals surface area contributed by atoms with Crippen LogP contribution in [0, 0.1) is 0 Å². The molecule has 1 rings (SSSR count). The van der Waals surface area contributed by atoms with Gasteiger partial charge in [0, 0.05) is 0 Å². The first-order chi connectivity index (χ1) is 7.72. The summed E-state index contributed by atoms with van der Waals surface area (Å²) in [5.41, 5.74) is 0.947. The zero-order valence-corrected chi connectivity index (χ0v) is 9.38. The molecule has 7 heteroatoms. The molecule has 0 spiro atoms. The summed E-state index contributed by atoms with van der Waals surface area (Å²) in [6.07, 6.45) is -3.66.